The first kappa shape index (κ1) is 11.6. The van der Waals surface area contributed by atoms with Crippen molar-refractivity contribution >= 4 is 0 Å². The van der Waals surface area contributed by atoms with E-state index in [9.17, 15) is 0 Å². The molecule has 16 heavy (non-hydrogen) atoms. The number of hydrogen-bond acceptors (Lipinski definition) is 2. The number of methoxy groups -OCH3 is 1. The van der Waals surface area contributed by atoms with Gasteiger partial charge in [0.05, 0.1) is 6.61 Å². The van der Waals surface area contributed by atoms with Gasteiger partial charge in [0.2, 0.25) is 0 Å². The van der Waals surface area contributed by atoms with Crippen LogP contribution in [-0.2, 0) is 4.74 Å². The maximum Gasteiger partial charge on any atom is 0.0613 e. The molecule has 1 aromatic carbocycles. The molecule has 1 fully saturated rings. The Morgan fingerprint density at radius 1 is 1.31 bits per heavy atom. The van der Waals surface area contributed by atoms with Gasteiger partial charge in [0, 0.05) is 19.2 Å². The molecule has 2 nitrogen and oxygen atoms in total. The smallest absolute Gasteiger partial charge is 0.0613 e. The summed E-state index contributed by atoms with van der Waals surface area (Å²) in [5.41, 5.74) is 1.49. The van der Waals surface area contributed by atoms with Gasteiger partial charge in [0.15, 0.2) is 0 Å². The fourth-order valence-electron chi connectivity index (χ4n) is 2.45. The Morgan fingerprint density at radius 2 is 2.00 bits per heavy atom. The highest BCUT2D eigenvalue weighted by atomic mass is 16.5. The second-order valence-electron chi connectivity index (χ2n) is 4.80. The molecule has 1 atom stereocenters. The van der Waals surface area contributed by atoms with Crippen LogP contribution in [0.5, 0.6) is 0 Å². The van der Waals surface area contributed by atoms with E-state index in [0.29, 0.717) is 12.1 Å². The topological polar surface area (TPSA) is 21.3 Å². The van der Waals surface area contributed by atoms with E-state index in [1.807, 2.05) is 0 Å². The van der Waals surface area contributed by atoms with E-state index in [4.69, 9.17) is 4.74 Å². The molecule has 0 amide bonds. The molecule has 2 rings (SSSR count). The third-order valence-corrected chi connectivity index (χ3v) is 3.35. The van der Waals surface area contributed by atoms with Gasteiger partial charge in [-0.05, 0) is 31.2 Å². The van der Waals surface area contributed by atoms with Crippen LogP contribution in [0.25, 0.3) is 0 Å². The minimum atomic E-state index is 0.465. The fraction of sp³-hybridized carbons (Fsp3) is 0.571. The van der Waals surface area contributed by atoms with E-state index in [-0.39, 0.29) is 0 Å². The highest BCUT2D eigenvalue weighted by Crippen LogP contribution is 2.36. The van der Waals surface area contributed by atoms with E-state index in [1.54, 1.807) is 7.11 Å². The molecule has 0 spiro atoms. The molecule has 0 aromatic heterocycles. The van der Waals surface area contributed by atoms with Gasteiger partial charge >= 0.3 is 0 Å². The van der Waals surface area contributed by atoms with Gasteiger partial charge in [0.25, 0.3) is 0 Å². The largest absolute Gasteiger partial charge is 0.383 e. The minimum Gasteiger partial charge on any atom is -0.383 e. The Morgan fingerprint density at radius 3 is 2.62 bits per heavy atom. The molecule has 1 saturated carbocycles. The van der Waals surface area contributed by atoms with E-state index in [0.717, 1.165) is 12.5 Å². The molecule has 0 radical (unpaired) electrons. The third-order valence-electron chi connectivity index (χ3n) is 3.35. The van der Waals surface area contributed by atoms with Crippen molar-refractivity contribution in [3.63, 3.8) is 0 Å². The van der Waals surface area contributed by atoms with Gasteiger partial charge in [-0.25, -0.2) is 0 Å². The Balaban J connectivity index is 1.74. The number of benzene rings is 1. The van der Waals surface area contributed by atoms with Crippen LogP contribution in [0.15, 0.2) is 30.3 Å². The van der Waals surface area contributed by atoms with Crippen molar-refractivity contribution < 1.29 is 4.74 Å². The van der Waals surface area contributed by atoms with Gasteiger partial charge in [-0.3, -0.25) is 0 Å². The molecule has 1 N–H and O–H groups in total. The lowest BCUT2D eigenvalue weighted by Gasteiger charge is -2.38. The standard InChI is InChI=1S/C14H21NO/c1-11(10-16-2)15-14-8-13(9-14)12-6-4-3-5-7-12/h3-7,11,13-15H,8-10H2,1-2H3. The molecule has 0 bridgehead atoms. The Labute approximate surface area is 98.0 Å². The average Bonchev–Trinajstić information content (AvgIpc) is 2.24. The number of ether oxygens (including phenoxy) is 1. The summed E-state index contributed by atoms with van der Waals surface area (Å²) >= 11 is 0. The molecule has 1 aliphatic carbocycles. The molecular formula is C14H21NO. The minimum absolute atomic E-state index is 0.465. The highest BCUT2D eigenvalue weighted by Gasteiger charge is 2.30. The van der Waals surface area contributed by atoms with Crippen molar-refractivity contribution in [2.45, 2.75) is 37.8 Å². The number of nitrogens with one attached hydrogen (secondary N) is 1. The molecule has 1 unspecified atom stereocenters. The summed E-state index contributed by atoms with van der Waals surface area (Å²) in [7, 11) is 1.76. The first-order valence-electron chi connectivity index (χ1n) is 6.09. The highest BCUT2D eigenvalue weighted by molar-refractivity contribution is 5.22. The van der Waals surface area contributed by atoms with E-state index >= 15 is 0 Å². The van der Waals surface area contributed by atoms with Crippen LogP contribution in [0, 0.1) is 0 Å². The third kappa shape index (κ3) is 2.83. The molecule has 88 valence electrons. The van der Waals surface area contributed by atoms with Crippen LogP contribution < -0.4 is 5.32 Å². The van der Waals surface area contributed by atoms with Crippen molar-refractivity contribution in [1.29, 1.82) is 0 Å². The SMILES string of the molecule is COCC(C)NC1CC(c2ccccc2)C1. The van der Waals surface area contributed by atoms with E-state index < -0.39 is 0 Å². The molecule has 1 aliphatic rings. The summed E-state index contributed by atoms with van der Waals surface area (Å²) in [5, 5.41) is 3.59. The lowest BCUT2D eigenvalue weighted by Crippen LogP contribution is -2.45. The number of hydrogen-bond donors (Lipinski definition) is 1. The maximum atomic E-state index is 5.12. The summed E-state index contributed by atoms with van der Waals surface area (Å²) in [5.74, 6) is 0.758. The Hall–Kier alpha value is -0.860. The van der Waals surface area contributed by atoms with Gasteiger partial charge in [0.1, 0.15) is 0 Å². The van der Waals surface area contributed by atoms with Crippen molar-refractivity contribution in [3.8, 4) is 0 Å². The average molecular weight is 219 g/mol. The van der Waals surface area contributed by atoms with Crippen molar-refractivity contribution in [1.82, 2.24) is 5.32 Å². The van der Waals surface area contributed by atoms with Crippen LogP contribution in [0.2, 0.25) is 0 Å². The summed E-state index contributed by atoms with van der Waals surface area (Å²) in [6.45, 7) is 2.98. The Kier molecular flexibility index (Phi) is 3.97. The van der Waals surface area contributed by atoms with Crippen LogP contribution in [-0.4, -0.2) is 25.8 Å². The molecule has 2 heteroatoms. The molecular weight excluding hydrogens is 198 g/mol. The fourth-order valence-corrected chi connectivity index (χ4v) is 2.45. The first-order chi connectivity index (χ1) is 7.79. The lowest BCUT2D eigenvalue weighted by molar-refractivity contribution is 0.152. The van der Waals surface area contributed by atoms with Gasteiger partial charge < -0.3 is 10.1 Å². The summed E-state index contributed by atoms with van der Waals surface area (Å²) in [6, 6.07) is 12.0. The van der Waals surface area contributed by atoms with Crippen LogP contribution in [0.1, 0.15) is 31.2 Å². The van der Waals surface area contributed by atoms with Crippen LogP contribution in [0.4, 0.5) is 0 Å². The molecule has 0 heterocycles. The van der Waals surface area contributed by atoms with Crippen LogP contribution >= 0.6 is 0 Å². The predicted octanol–water partition coefficient (Wildman–Crippen LogP) is 2.56. The summed E-state index contributed by atoms with van der Waals surface area (Å²) < 4.78 is 5.12. The summed E-state index contributed by atoms with van der Waals surface area (Å²) in [6.07, 6.45) is 2.52. The van der Waals surface area contributed by atoms with Crippen LogP contribution in [0.3, 0.4) is 0 Å². The zero-order valence-corrected chi connectivity index (χ0v) is 10.1. The Bertz CT molecular complexity index is 306. The van der Waals surface area contributed by atoms with E-state index in [2.05, 4.69) is 42.6 Å². The molecule has 0 aliphatic heterocycles. The second kappa shape index (κ2) is 5.46. The van der Waals surface area contributed by atoms with Crippen molar-refractivity contribution in [3.05, 3.63) is 35.9 Å². The molecule has 1 aromatic rings. The zero-order chi connectivity index (χ0) is 11.4. The van der Waals surface area contributed by atoms with Crippen molar-refractivity contribution in [2.24, 2.45) is 0 Å². The summed E-state index contributed by atoms with van der Waals surface area (Å²) in [4.78, 5) is 0. The predicted molar refractivity (Wildman–Crippen MR) is 66.7 cm³/mol. The molecule has 0 saturated heterocycles. The first-order valence-corrected chi connectivity index (χ1v) is 6.09. The second-order valence-corrected chi connectivity index (χ2v) is 4.80. The monoisotopic (exact) mass is 219 g/mol. The van der Waals surface area contributed by atoms with Gasteiger partial charge in [-0.15, -0.1) is 0 Å². The normalized spacial score (nSPS) is 26.1. The number of rotatable bonds is 5. The zero-order valence-electron chi connectivity index (χ0n) is 10.1. The quantitative estimate of drug-likeness (QED) is 0.821. The van der Waals surface area contributed by atoms with E-state index in [1.165, 1.54) is 18.4 Å². The lowest BCUT2D eigenvalue weighted by atomic mass is 9.75. The van der Waals surface area contributed by atoms with Crippen molar-refractivity contribution in [2.75, 3.05) is 13.7 Å². The maximum absolute atomic E-state index is 5.12. The van der Waals surface area contributed by atoms with Gasteiger partial charge in [-0.2, -0.15) is 0 Å². The van der Waals surface area contributed by atoms with Gasteiger partial charge in [-0.1, -0.05) is 30.3 Å².